The first-order chi connectivity index (χ1) is 14.7. The molecule has 0 radical (unpaired) electrons. The van der Waals surface area contributed by atoms with Gasteiger partial charge in [0.25, 0.3) is 0 Å². The molecule has 11 nitrogen and oxygen atoms in total. The summed E-state index contributed by atoms with van der Waals surface area (Å²) in [5.41, 5.74) is 9.04. The van der Waals surface area contributed by atoms with Crippen LogP contribution in [0.1, 0.15) is 18.4 Å². The Morgan fingerprint density at radius 1 is 0.900 bits per heavy atom. The number of hydrogen-bond donors (Lipinski definition) is 1. The Bertz CT molecular complexity index is 613. The van der Waals surface area contributed by atoms with Crippen LogP contribution >= 0.6 is 0 Å². The van der Waals surface area contributed by atoms with Crippen molar-refractivity contribution in [1.29, 1.82) is 0 Å². The molecule has 0 atom stereocenters. The van der Waals surface area contributed by atoms with Gasteiger partial charge in [0.05, 0.1) is 66.1 Å². The minimum Gasteiger partial charge on any atom is -0.379 e. The maximum atomic E-state index is 11.6. The number of hydrogen-bond acceptors (Lipinski definition) is 8. The summed E-state index contributed by atoms with van der Waals surface area (Å²) >= 11 is 0. The lowest BCUT2D eigenvalue weighted by molar-refractivity contribution is -0.121. The van der Waals surface area contributed by atoms with E-state index in [2.05, 4.69) is 15.3 Å². The van der Waals surface area contributed by atoms with Crippen LogP contribution < -0.4 is 10.7 Å². The van der Waals surface area contributed by atoms with E-state index in [-0.39, 0.29) is 11.3 Å². The number of nitrogens with one attached hydrogen (secondary N) is 1. The third kappa shape index (κ3) is 16.9. The SMILES string of the molecule is [N-]=[N+]=NCCOCCOCCOCCOCCOCCNC(=O)CCCc1cc1=O. The molecule has 1 amide bonds. The van der Waals surface area contributed by atoms with Gasteiger partial charge in [-0.25, -0.2) is 0 Å². The summed E-state index contributed by atoms with van der Waals surface area (Å²) in [5, 5.41) is 6.13. The molecule has 0 spiro atoms. The molecule has 0 aliphatic rings. The van der Waals surface area contributed by atoms with Crippen LogP contribution in [-0.4, -0.2) is 85.1 Å². The average molecular weight is 428 g/mol. The molecule has 1 N–H and O–H groups in total. The van der Waals surface area contributed by atoms with Gasteiger partial charge in [0.15, 0.2) is 5.43 Å². The zero-order valence-corrected chi connectivity index (χ0v) is 17.4. The van der Waals surface area contributed by atoms with E-state index < -0.39 is 0 Å². The maximum absolute atomic E-state index is 11.6. The summed E-state index contributed by atoms with van der Waals surface area (Å²) in [4.78, 5) is 25.0. The van der Waals surface area contributed by atoms with Gasteiger partial charge in [-0.3, -0.25) is 9.59 Å². The molecule has 0 aliphatic carbocycles. The van der Waals surface area contributed by atoms with E-state index in [1.807, 2.05) is 0 Å². The van der Waals surface area contributed by atoms with Crippen LogP contribution in [0.25, 0.3) is 10.4 Å². The predicted octanol–water partition coefficient (Wildman–Crippen LogP) is 0.755. The van der Waals surface area contributed by atoms with E-state index in [1.54, 1.807) is 6.07 Å². The average Bonchev–Trinajstić information content (AvgIpc) is 3.44. The van der Waals surface area contributed by atoms with Crippen molar-refractivity contribution in [2.75, 3.05) is 79.2 Å². The second kappa shape index (κ2) is 19.0. The van der Waals surface area contributed by atoms with Crippen molar-refractivity contribution >= 4 is 5.91 Å². The van der Waals surface area contributed by atoms with Crippen LogP contribution in [0.15, 0.2) is 16.0 Å². The van der Waals surface area contributed by atoms with Crippen molar-refractivity contribution in [3.05, 3.63) is 32.3 Å². The third-order valence-electron chi connectivity index (χ3n) is 3.84. The van der Waals surface area contributed by atoms with E-state index in [4.69, 9.17) is 29.2 Å². The number of aryl methyl sites for hydroxylation is 1. The topological polar surface area (TPSA) is 141 Å². The summed E-state index contributed by atoms with van der Waals surface area (Å²) in [5.74, 6) is -0.0254. The van der Waals surface area contributed by atoms with Gasteiger partial charge in [0.2, 0.25) is 5.91 Å². The van der Waals surface area contributed by atoms with Crippen molar-refractivity contribution < 1.29 is 28.5 Å². The van der Waals surface area contributed by atoms with Gasteiger partial charge in [-0.15, -0.1) is 0 Å². The van der Waals surface area contributed by atoms with Crippen molar-refractivity contribution in [2.45, 2.75) is 19.3 Å². The smallest absolute Gasteiger partial charge is 0.220 e. The van der Waals surface area contributed by atoms with Crippen LogP contribution in [0.3, 0.4) is 0 Å². The van der Waals surface area contributed by atoms with Crippen molar-refractivity contribution in [3.63, 3.8) is 0 Å². The Balaban J connectivity index is 1.68. The number of nitrogens with zero attached hydrogens (tertiary/aromatic N) is 3. The van der Waals surface area contributed by atoms with E-state index in [9.17, 15) is 9.59 Å². The largest absolute Gasteiger partial charge is 0.379 e. The van der Waals surface area contributed by atoms with E-state index in [0.717, 1.165) is 5.56 Å². The molecule has 0 bridgehead atoms. The van der Waals surface area contributed by atoms with Crippen molar-refractivity contribution in [1.82, 2.24) is 5.32 Å². The monoisotopic (exact) mass is 428 g/mol. The molecule has 0 aromatic heterocycles. The number of ether oxygens (including phenoxy) is 5. The number of carbonyl (C=O) groups excluding carboxylic acids is 1. The van der Waals surface area contributed by atoms with Gasteiger partial charge < -0.3 is 29.0 Å². The number of azide groups is 1. The molecule has 0 heterocycles. The minimum atomic E-state index is -0.0254. The molecule has 0 aliphatic heterocycles. The Morgan fingerprint density at radius 2 is 1.40 bits per heavy atom. The summed E-state index contributed by atoms with van der Waals surface area (Å²) in [6, 6.07) is 1.60. The summed E-state index contributed by atoms with van der Waals surface area (Å²) in [6.45, 7) is 5.35. The highest BCUT2D eigenvalue weighted by Gasteiger charge is 2.08. The van der Waals surface area contributed by atoms with Crippen molar-refractivity contribution in [2.24, 2.45) is 5.11 Å². The number of amides is 1. The number of carbonyl (C=O) groups is 1. The second-order valence-corrected chi connectivity index (χ2v) is 6.25. The van der Waals surface area contributed by atoms with E-state index >= 15 is 0 Å². The maximum Gasteiger partial charge on any atom is 0.220 e. The standard InChI is InChI=1S/C19H32N4O7/c20-23-22-5-7-27-9-11-29-13-15-30-14-12-28-10-8-26-6-4-21-19(25)3-1-2-17-16-18(17)24/h16H,1-15H2,(H,21,25). The first-order valence-corrected chi connectivity index (χ1v) is 10.1. The van der Waals surface area contributed by atoms with E-state index in [0.29, 0.717) is 98.4 Å². The van der Waals surface area contributed by atoms with Crippen LogP contribution in [0.2, 0.25) is 0 Å². The number of rotatable bonds is 22. The molecule has 1 aromatic carbocycles. The van der Waals surface area contributed by atoms with Gasteiger partial charge in [-0.05, 0) is 24.4 Å². The highest BCUT2D eigenvalue weighted by molar-refractivity contribution is 5.75. The molecule has 0 fully saturated rings. The molecule has 30 heavy (non-hydrogen) atoms. The Morgan fingerprint density at radius 3 is 1.90 bits per heavy atom. The normalized spacial score (nSPS) is 10.9. The van der Waals surface area contributed by atoms with Crippen LogP contribution in [-0.2, 0) is 34.9 Å². The highest BCUT2D eigenvalue weighted by atomic mass is 16.6. The minimum absolute atomic E-state index is 0.0254. The molecule has 0 saturated heterocycles. The lowest BCUT2D eigenvalue weighted by Crippen LogP contribution is -2.27. The molecular formula is C19H32N4O7. The predicted molar refractivity (Wildman–Crippen MR) is 109 cm³/mol. The zero-order chi connectivity index (χ0) is 21.7. The first kappa shape index (κ1) is 26.0. The molecule has 0 saturated carbocycles. The molecule has 1 rings (SSSR count). The molecule has 1 aromatic rings. The molecule has 11 heteroatoms. The summed E-state index contributed by atoms with van der Waals surface area (Å²) in [6.07, 6.45) is 1.80. The fourth-order valence-electron chi connectivity index (χ4n) is 2.24. The van der Waals surface area contributed by atoms with Crippen LogP contribution in [0.5, 0.6) is 0 Å². The van der Waals surface area contributed by atoms with Gasteiger partial charge in [0.1, 0.15) is 0 Å². The zero-order valence-electron chi connectivity index (χ0n) is 17.4. The molecule has 170 valence electrons. The quantitative estimate of drug-likeness (QED) is 0.124. The van der Waals surface area contributed by atoms with Gasteiger partial charge in [0, 0.05) is 30.0 Å². The Labute approximate surface area is 176 Å². The summed E-state index contributed by atoms with van der Waals surface area (Å²) < 4.78 is 26.6. The van der Waals surface area contributed by atoms with Gasteiger partial charge in [-0.2, -0.15) is 0 Å². The Kier molecular flexibility index (Phi) is 16.5. The first-order valence-electron chi connectivity index (χ1n) is 10.1. The third-order valence-corrected chi connectivity index (χ3v) is 3.84. The molecular weight excluding hydrogens is 396 g/mol. The van der Waals surface area contributed by atoms with Crippen molar-refractivity contribution in [3.8, 4) is 0 Å². The van der Waals surface area contributed by atoms with Gasteiger partial charge in [-0.1, -0.05) is 5.11 Å². The lowest BCUT2D eigenvalue weighted by atomic mass is 10.2. The van der Waals surface area contributed by atoms with Gasteiger partial charge >= 0.3 is 0 Å². The fraction of sp³-hybridized carbons (Fsp3) is 0.789. The molecule has 0 unspecified atom stereocenters. The highest BCUT2D eigenvalue weighted by Crippen LogP contribution is 2.02. The Hall–Kier alpha value is -2.01. The second-order valence-electron chi connectivity index (χ2n) is 6.25. The van der Waals surface area contributed by atoms with Crippen LogP contribution in [0, 0.1) is 0 Å². The summed E-state index contributed by atoms with van der Waals surface area (Å²) in [7, 11) is 0. The lowest BCUT2D eigenvalue weighted by Gasteiger charge is -2.08. The van der Waals surface area contributed by atoms with Crippen LogP contribution in [0.4, 0.5) is 0 Å². The van der Waals surface area contributed by atoms with E-state index in [1.165, 1.54) is 0 Å². The fourth-order valence-corrected chi connectivity index (χ4v) is 2.24.